The zero-order chi connectivity index (χ0) is 13.8. The van der Waals surface area contributed by atoms with Crippen LogP contribution in [0.15, 0.2) is 24.3 Å². The van der Waals surface area contributed by atoms with Crippen molar-refractivity contribution >= 4 is 0 Å². The van der Waals surface area contributed by atoms with Gasteiger partial charge in [-0.25, -0.2) is 0 Å². The Bertz CT molecular complexity index is 485. The molecule has 2 aliphatic rings. The SMILES string of the molecule is NCC#Cc1ccc(CN2CCN(C3CC3)CC2)cc1. The topological polar surface area (TPSA) is 32.5 Å². The Kier molecular flexibility index (Phi) is 4.37. The highest BCUT2D eigenvalue weighted by molar-refractivity contribution is 5.36. The van der Waals surface area contributed by atoms with E-state index < -0.39 is 0 Å². The van der Waals surface area contributed by atoms with Crippen molar-refractivity contribution < 1.29 is 0 Å². The fourth-order valence-corrected chi connectivity index (χ4v) is 2.83. The summed E-state index contributed by atoms with van der Waals surface area (Å²) in [7, 11) is 0. The maximum Gasteiger partial charge on any atom is 0.0555 e. The summed E-state index contributed by atoms with van der Waals surface area (Å²) in [5.41, 5.74) is 7.81. The summed E-state index contributed by atoms with van der Waals surface area (Å²) in [6.45, 7) is 6.36. The molecule has 3 heteroatoms. The van der Waals surface area contributed by atoms with Gasteiger partial charge in [-0.15, -0.1) is 0 Å². The van der Waals surface area contributed by atoms with Crippen molar-refractivity contribution in [3.63, 3.8) is 0 Å². The van der Waals surface area contributed by atoms with Crippen molar-refractivity contribution in [2.45, 2.75) is 25.4 Å². The predicted molar refractivity (Wildman–Crippen MR) is 82.2 cm³/mol. The molecule has 1 aromatic rings. The first-order valence-corrected chi connectivity index (χ1v) is 7.59. The molecular weight excluding hydrogens is 246 g/mol. The van der Waals surface area contributed by atoms with Gasteiger partial charge in [0.15, 0.2) is 0 Å². The Morgan fingerprint density at radius 3 is 2.35 bits per heavy atom. The Balaban J connectivity index is 1.50. The summed E-state index contributed by atoms with van der Waals surface area (Å²) in [6, 6.07) is 9.48. The average molecular weight is 269 g/mol. The van der Waals surface area contributed by atoms with E-state index in [-0.39, 0.29) is 0 Å². The number of benzene rings is 1. The van der Waals surface area contributed by atoms with Gasteiger partial charge in [0, 0.05) is 44.3 Å². The van der Waals surface area contributed by atoms with Gasteiger partial charge in [0.25, 0.3) is 0 Å². The first-order valence-electron chi connectivity index (χ1n) is 7.59. The van der Waals surface area contributed by atoms with Gasteiger partial charge in [-0.1, -0.05) is 24.0 Å². The minimum absolute atomic E-state index is 0.424. The van der Waals surface area contributed by atoms with E-state index in [0.717, 1.165) is 18.2 Å². The van der Waals surface area contributed by atoms with E-state index in [1.807, 2.05) is 0 Å². The lowest BCUT2D eigenvalue weighted by Crippen LogP contribution is -2.46. The van der Waals surface area contributed by atoms with Crippen LogP contribution in [0.25, 0.3) is 0 Å². The molecule has 0 radical (unpaired) electrons. The Labute approximate surface area is 121 Å². The Morgan fingerprint density at radius 2 is 1.75 bits per heavy atom. The monoisotopic (exact) mass is 269 g/mol. The fourth-order valence-electron chi connectivity index (χ4n) is 2.83. The molecule has 1 aliphatic heterocycles. The van der Waals surface area contributed by atoms with Crippen LogP contribution in [0.1, 0.15) is 24.0 Å². The van der Waals surface area contributed by atoms with Crippen LogP contribution in [-0.4, -0.2) is 48.6 Å². The zero-order valence-corrected chi connectivity index (χ0v) is 12.0. The summed E-state index contributed by atoms with van der Waals surface area (Å²) >= 11 is 0. The molecule has 0 aromatic heterocycles. The van der Waals surface area contributed by atoms with Crippen molar-refractivity contribution in [3.05, 3.63) is 35.4 Å². The van der Waals surface area contributed by atoms with Crippen molar-refractivity contribution in [1.29, 1.82) is 0 Å². The molecule has 2 fully saturated rings. The number of rotatable bonds is 3. The van der Waals surface area contributed by atoms with Crippen LogP contribution in [-0.2, 0) is 6.54 Å². The maximum absolute atomic E-state index is 5.38. The molecule has 0 spiro atoms. The highest BCUT2D eigenvalue weighted by atomic mass is 15.3. The molecule has 0 amide bonds. The molecule has 0 unspecified atom stereocenters. The number of nitrogens with zero attached hydrogens (tertiary/aromatic N) is 2. The normalized spacial score (nSPS) is 20.4. The fraction of sp³-hybridized carbons (Fsp3) is 0.529. The minimum atomic E-state index is 0.424. The molecule has 1 aliphatic carbocycles. The van der Waals surface area contributed by atoms with E-state index >= 15 is 0 Å². The van der Waals surface area contributed by atoms with Gasteiger partial charge in [-0.3, -0.25) is 9.80 Å². The third kappa shape index (κ3) is 3.61. The lowest BCUT2D eigenvalue weighted by Gasteiger charge is -2.34. The molecule has 0 atom stereocenters. The van der Waals surface area contributed by atoms with Crippen molar-refractivity contribution in [3.8, 4) is 11.8 Å². The first-order chi connectivity index (χ1) is 9.85. The van der Waals surface area contributed by atoms with Crippen LogP contribution >= 0.6 is 0 Å². The van der Waals surface area contributed by atoms with E-state index in [1.165, 1.54) is 44.6 Å². The Morgan fingerprint density at radius 1 is 1.05 bits per heavy atom. The van der Waals surface area contributed by atoms with Gasteiger partial charge >= 0.3 is 0 Å². The molecule has 106 valence electrons. The highest BCUT2D eigenvalue weighted by Gasteiger charge is 2.30. The predicted octanol–water partition coefficient (Wildman–Crippen LogP) is 1.28. The van der Waals surface area contributed by atoms with E-state index in [4.69, 9.17) is 5.73 Å². The number of hydrogen-bond donors (Lipinski definition) is 1. The van der Waals surface area contributed by atoms with Gasteiger partial charge in [0.1, 0.15) is 0 Å². The third-order valence-electron chi connectivity index (χ3n) is 4.17. The number of hydrogen-bond acceptors (Lipinski definition) is 3. The lowest BCUT2D eigenvalue weighted by atomic mass is 10.1. The molecular formula is C17H23N3. The van der Waals surface area contributed by atoms with Crippen molar-refractivity contribution in [2.75, 3.05) is 32.7 Å². The van der Waals surface area contributed by atoms with E-state index in [2.05, 4.69) is 45.9 Å². The summed E-state index contributed by atoms with van der Waals surface area (Å²) in [5, 5.41) is 0. The minimum Gasteiger partial charge on any atom is -0.320 e. The smallest absolute Gasteiger partial charge is 0.0555 e. The van der Waals surface area contributed by atoms with Gasteiger partial charge in [0.2, 0.25) is 0 Å². The molecule has 1 saturated heterocycles. The van der Waals surface area contributed by atoms with Gasteiger partial charge in [-0.2, -0.15) is 0 Å². The van der Waals surface area contributed by atoms with Gasteiger partial charge in [-0.05, 0) is 30.5 Å². The van der Waals surface area contributed by atoms with Crippen LogP contribution in [0, 0.1) is 11.8 Å². The summed E-state index contributed by atoms with van der Waals surface area (Å²) in [4.78, 5) is 5.21. The van der Waals surface area contributed by atoms with Crippen LogP contribution < -0.4 is 5.73 Å². The molecule has 3 rings (SSSR count). The average Bonchev–Trinajstić information content (AvgIpc) is 3.32. The Hall–Kier alpha value is -1.34. The molecule has 2 N–H and O–H groups in total. The third-order valence-corrected chi connectivity index (χ3v) is 4.17. The number of piperazine rings is 1. The van der Waals surface area contributed by atoms with Crippen LogP contribution in [0.4, 0.5) is 0 Å². The van der Waals surface area contributed by atoms with Gasteiger partial charge < -0.3 is 5.73 Å². The second kappa shape index (κ2) is 6.41. The summed E-state index contributed by atoms with van der Waals surface area (Å²) < 4.78 is 0. The van der Waals surface area contributed by atoms with Crippen LogP contribution in [0.3, 0.4) is 0 Å². The quantitative estimate of drug-likeness (QED) is 0.839. The first kappa shape index (κ1) is 13.6. The second-order valence-electron chi connectivity index (χ2n) is 5.75. The molecule has 1 saturated carbocycles. The van der Waals surface area contributed by atoms with Crippen LogP contribution in [0.5, 0.6) is 0 Å². The van der Waals surface area contributed by atoms with E-state index in [0.29, 0.717) is 6.54 Å². The number of nitrogens with two attached hydrogens (primary N) is 1. The highest BCUT2D eigenvalue weighted by Crippen LogP contribution is 2.27. The van der Waals surface area contributed by atoms with Crippen molar-refractivity contribution in [2.24, 2.45) is 5.73 Å². The molecule has 1 heterocycles. The molecule has 20 heavy (non-hydrogen) atoms. The van der Waals surface area contributed by atoms with E-state index in [1.54, 1.807) is 0 Å². The summed E-state index contributed by atoms with van der Waals surface area (Å²) in [5.74, 6) is 5.95. The van der Waals surface area contributed by atoms with Crippen LogP contribution in [0.2, 0.25) is 0 Å². The standard InChI is InChI=1S/C17H23N3/c18-9-1-2-15-3-5-16(6-4-15)14-19-10-12-20(13-11-19)17-7-8-17/h3-6,17H,7-14,18H2. The molecule has 1 aromatic carbocycles. The maximum atomic E-state index is 5.38. The second-order valence-corrected chi connectivity index (χ2v) is 5.75. The molecule has 0 bridgehead atoms. The largest absolute Gasteiger partial charge is 0.320 e. The molecule has 3 nitrogen and oxygen atoms in total. The summed E-state index contributed by atoms with van der Waals surface area (Å²) in [6.07, 6.45) is 2.84. The van der Waals surface area contributed by atoms with Crippen molar-refractivity contribution in [1.82, 2.24) is 9.80 Å². The lowest BCUT2D eigenvalue weighted by molar-refractivity contribution is 0.121. The van der Waals surface area contributed by atoms with E-state index in [9.17, 15) is 0 Å². The zero-order valence-electron chi connectivity index (χ0n) is 12.0. The van der Waals surface area contributed by atoms with Gasteiger partial charge in [0.05, 0.1) is 6.54 Å².